The largest absolute Gasteiger partial charge is 0.367 e. The summed E-state index contributed by atoms with van der Waals surface area (Å²) in [6.45, 7) is 5.24. The highest BCUT2D eigenvalue weighted by Crippen LogP contribution is 2.29. The molecule has 1 N–H and O–H groups in total. The van der Waals surface area contributed by atoms with Crippen molar-refractivity contribution in [3.63, 3.8) is 0 Å². The Bertz CT molecular complexity index is 721. The fourth-order valence-corrected chi connectivity index (χ4v) is 2.15. The summed E-state index contributed by atoms with van der Waals surface area (Å²) < 4.78 is 5.45. The van der Waals surface area contributed by atoms with Gasteiger partial charge in [-0.3, -0.25) is 0 Å². The van der Waals surface area contributed by atoms with Gasteiger partial charge in [0.05, 0.1) is 0 Å². The van der Waals surface area contributed by atoms with Gasteiger partial charge in [-0.2, -0.15) is 0 Å². The van der Waals surface area contributed by atoms with Gasteiger partial charge in [0.25, 0.3) is 0 Å². The van der Waals surface area contributed by atoms with Gasteiger partial charge in [0, 0.05) is 12.1 Å². The number of hydrogen-bond acceptors (Lipinski definition) is 5. The molecule has 0 amide bonds. The molecular weight excluding hydrogens is 264 g/mol. The van der Waals surface area contributed by atoms with Gasteiger partial charge >= 0.3 is 0 Å². The van der Waals surface area contributed by atoms with Gasteiger partial charge in [0.1, 0.15) is 17.5 Å². The molecule has 0 spiro atoms. The van der Waals surface area contributed by atoms with Gasteiger partial charge in [-0.1, -0.05) is 49.3 Å². The van der Waals surface area contributed by atoms with Crippen molar-refractivity contribution < 1.29 is 4.52 Å². The van der Waals surface area contributed by atoms with Crippen molar-refractivity contribution in [2.24, 2.45) is 5.92 Å². The van der Waals surface area contributed by atoms with Crippen molar-refractivity contribution in [1.82, 2.24) is 15.1 Å². The summed E-state index contributed by atoms with van der Waals surface area (Å²) in [6.07, 6.45) is 2.62. The Labute approximate surface area is 123 Å². The summed E-state index contributed by atoms with van der Waals surface area (Å²) in [7, 11) is 0. The minimum absolute atomic E-state index is 0.611. The highest BCUT2D eigenvalue weighted by Gasteiger charge is 2.15. The van der Waals surface area contributed by atoms with Crippen LogP contribution in [0.3, 0.4) is 0 Å². The summed E-state index contributed by atoms with van der Waals surface area (Å²) in [5.41, 5.74) is 3.09. The number of hydrogen-bond donors (Lipinski definition) is 1. The average molecular weight is 282 g/mol. The van der Waals surface area contributed by atoms with Crippen LogP contribution in [0.15, 0.2) is 41.2 Å². The third-order valence-electron chi connectivity index (χ3n) is 3.32. The predicted octanol–water partition coefficient (Wildman–Crippen LogP) is 3.74. The number of rotatable bonds is 5. The molecule has 0 aliphatic carbocycles. The zero-order chi connectivity index (χ0) is 14.7. The second-order valence-corrected chi connectivity index (χ2v) is 5.41. The molecule has 5 heteroatoms. The summed E-state index contributed by atoms with van der Waals surface area (Å²) >= 11 is 0. The lowest BCUT2D eigenvalue weighted by atomic mass is 10.1. The Morgan fingerprint density at radius 2 is 1.95 bits per heavy atom. The van der Waals surface area contributed by atoms with E-state index in [0.29, 0.717) is 17.3 Å². The van der Waals surface area contributed by atoms with Crippen molar-refractivity contribution in [2.75, 3.05) is 11.9 Å². The van der Waals surface area contributed by atoms with E-state index in [1.54, 1.807) is 6.33 Å². The van der Waals surface area contributed by atoms with E-state index in [1.807, 2.05) is 30.3 Å². The predicted molar refractivity (Wildman–Crippen MR) is 83.0 cm³/mol. The number of benzene rings is 1. The first-order valence-corrected chi connectivity index (χ1v) is 7.15. The maximum atomic E-state index is 5.45. The Morgan fingerprint density at radius 1 is 1.14 bits per heavy atom. The fourth-order valence-electron chi connectivity index (χ4n) is 2.15. The maximum absolute atomic E-state index is 5.45. The molecule has 2 heterocycles. The molecule has 0 bridgehead atoms. The molecule has 0 aliphatic heterocycles. The van der Waals surface area contributed by atoms with E-state index < -0.39 is 0 Å². The lowest BCUT2D eigenvalue weighted by Gasteiger charge is -2.06. The van der Waals surface area contributed by atoms with E-state index in [1.165, 1.54) is 0 Å². The minimum Gasteiger partial charge on any atom is -0.367 e. The van der Waals surface area contributed by atoms with Crippen LogP contribution < -0.4 is 5.32 Å². The van der Waals surface area contributed by atoms with Crippen LogP contribution in [0, 0.1) is 5.92 Å². The fraction of sp³-hybridized carbons (Fsp3) is 0.312. The first-order valence-electron chi connectivity index (χ1n) is 7.15. The Morgan fingerprint density at radius 3 is 2.71 bits per heavy atom. The molecule has 21 heavy (non-hydrogen) atoms. The Hall–Kier alpha value is -2.43. The topological polar surface area (TPSA) is 63.8 Å². The third kappa shape index (κ3) is 2.86. The van der Waals surface area contributed by atoms with E-state index in [9.17, 15) is 0 Å². The number of fused-ring (bicyclic) bond motifs is 1. The number of aromatic nitrogens is 3. The zero-order valence-corrected chi connectivity index (χ0v) is 12.2. The summed E-state index contributed by atoms with van der Waals surface area (Å²) in [6, 6.07) is 9.90. The minimum atomic E-state index is 0.611. The molecule has 3 rings (SSSR count). The second-order valence-electron chi connectivity index (χ2n) is 5.41. The van der Waals surface area contributed by atoms with E-state index in [-0.39, 0.29) is 0 Å². The molecule has 0 unspecified atom stereocenters. The molecule has 1 aromatic carbocycles. The van der Waals surface area contributed by atoms with E-state index >= 15 is 0 Å². The van der Waals surface area contributed by atoms with Crippen LogP contribution in [0.1, 0.15) is 20.3 Å². The Kier molecular flexibility index (Phi) is 3.81. The zero-order valence-electron chi connectivity index (χ0n) is 12.2. The van der Waals surface area contributed by atoms with Crippen molar-refractivity contribution >= 4 is 16.9 Å². The first-order chi connectivity index (χ1) is 10.3. The molecule has 0 aliphatic rings. The van der Waals surface area contributed by atoms with Crippen molar-refractivity contribution in [3.8, 4) is 11.3 Å². The van der Waals surface area contributed by atoms with Crippen LogP contribution in [0.2, 0.25) is 0 Å². The third-order valence-corrected chi connectivity index (χ3v) is 3.32. The van der Waals surface area contributed by atoms with E-state index in [2.05, 4.69) is 34.3 Å². The van der Waals surface area contributed by atoms with Gasteiger partial charge in [-0.25, -0.2) is 9.97 Å². The molecule has 0 saturated heterocycles. The van der Waals surface area contributed by atoms with Crippen LogP contribution in [0.4, 0.5) is 5.82 Å². The van der Waals surface area contributed by atoms with E-state index in [4.69, 9.17) is 4.52 Å². The van der Waals surface area contributed by atoms with Crippen LogP contribution in [-0.4, -0.2) is 21.7 Å². The molecule has 0 atom stereocenters. The van der Waals surface area contributed by atoms with Crippen LogP contribution in [-0.2, 0) is 0 Å². The smallest absolute Gasteiger partial charge is 0.228 e. The first kappa shape index (κ1) is 13.5. The number of anilines is 1. The highest BCUT2D eigenvalue weighted by molar-refractivity contribution is 5.93. The number of nitrogens with one attached hydrogen (secondary N) is 1. The normalized spacial score (nSPS) is 11.2. The Balaban J connectivity index is 1.93. The molecule has 108 valence electrons. The van der Waals surface area contributed by atoms with Crippen LogP contribution in [0.25, 0.3) is 22.4 Å². The van der Waals surface area contributed by atoms with Gasteiger partial charge < -0.3 is 9.84 Å². The summed E-state index contributed by atoms with van der Waals surface area (Å²) in [5.74, 6) is 1.35. The van der Waals surface area contributed by atoms with Crippen molar-refractivity contribution in [1.29, 1.82) is 0 Å². The average Bonchev–Trinajstić information content (AvgIpc) is 2.92. The quantitative estimate of drug-likeness (QED) is 0.772. The molecule has 0 fully saturated rings. The monoisotopic (exact) mass is 282 g/mol. The van der Waals surface area contributed by atoms with Crippen molar-refractivity contribution in [2.45, 2.75) is 20.3 Å². The lowest BCUT2D eigenvalue weighted by Crippen LogP contribution is -2.06. The standard InChI is InChI=1S/C16H18N4O/c1-11(2)8-9-17-16-15-14(18-10-19-16)13(20-21-15)12-6-4-3-5-7-12/h3-7,10-11H,8-9H2,1-2H3,(H,17,18,19). The molecule has 0 saturated carbocycles. The van der Waals surface area contributed by atoms with Gasteiger partial charge in [-0.15, -0.1) is 0 Å². The molecule has 2 aromatic heterocycles. The number of nitrogens with zero attached hydrogens (tertiary/aromatic N) is 3. The molecule has 5 nitrogen and oxygen atoms in total. The van der Waals surface area contributed by atoms with Crippen molar-refractivity contribution in [3.05, 3.63) is 36.7 Å². The molecule has 0 radical (unpaired) electrons. The van der Waals surface area contributed by atoms with Crippen LogP contribution >= 0.6 is 0 Å². The summed E-state index contributed by atoms with van der Waals surface area (Å²) in [5, 5.41) is 7.45. The maximum Gasteiger partial charge on any atom is 0.228 e. The SMILES string of the molecule is CC(C)CCNc1ncnc2c(-c3ccccc3)noc12. The molecular formula is C16H18N4O. The molecule has 3 aromatic rings. The lowest BCUT2D eigenvalue weighted by molar-refractivity contribution is 0.459. The van der Waals surface area contributed by atoms with Gasteiger partial charge in [-0.05, 0) is 12.3 Å². The second kappa shape index (κ2) is 5.91. The van der Waals surface area contributed by atoms with Gasteiger partial charge in [0.15, 0.2) is 5.82 Å². The van der Waals surface area contributed by atoms with E-state index in [0.717, 1.165) is 29.7 Å². The van der Waals surface area contributed by atoms with Crippen LogP contribution in [0.5, 0.6) is 0 Å². The van der Waals surface area contributed by atoms with Gasteiger partial charge in [0.2, 0.25) is 5.58 Å². The summed E-state index contributed by atoms with van der Waals surface area (Å²) in [4.78, 5) is 8.57. The highest BCUT2D eigenvalue weighted by atomic mass is 16.5.